The zero-order valence-corrected chi connectivity index (χ0v) is 10.2. The Balaban J connectivity index is 2.21. The highest BCUT2D eigenvalue weighted by molar-refractivity contribution is 9.10. The smallest absolute Gasteiger partial charge is 0.146 e. The van der Waals surface area contributed by atoms with E-state index >= 15 is 0 Å². The van der Waals surface area contributed by atoms with Crippen molar-refractivity contribution in [2.75, 3.05) is 11.1 Å². The number of halogens is 1. The van der Waals surface area contributed by atoms with Crippen LogP contribution in [0.2, 0.25) is 0 Å². The van der Waals surface area contributed by atoms with Crippen LogP contribution in [0.3, 0.4) is 0 Å². The summed E-state index contributed by atoms with van der Waals surface area (Å²) < 4.78 is 0.818. The molecule has 0 radical (unpaired) electrons. The Kier molecular flexibility index (Phi) is 3.04. The van der Waals surface area contributed by atoms with E-state index in [4.69, 9.17) is 5.73 Å². The molecular weight excluding hydrogens is 272 g/mol. The molecule has 1 atom stereocenters. The molecule has 6 nitrogen and oxygen atoms in total. The minimum Gasteiger partial charge on any atom is -0.396 e. The van der Waals surface area contributed by atoms with E-state index in [-0.39, 0.29) is 6.04 Å². The number of aromatic amines is 1. The summed E-state index contributed by atoms with van der Waals surface area (Å²) in [6, 6.07) is -0.0106. The number of hydrogen-bond acceptors (Lipinski definition) is 5. The average Bonchev–Trinajstić information content (AvgIpc) is 2.76. The van der Waals surface area contributed by atoms with Crippen molar-refractivity contribution in [3.63, 3.8) is 0 Å². The van der Waals surface area contributed by atoms with Crippen LogP contribution >= 0.6 is 15.9 Å². The van der Waals surface area contributed by atoms with E-state index in [1.54, 1.807) is 12.4 Å². The van der Waals surface area contributed by atoms with E-state index in [1.165, 1.54) is 6.33 Å². The summed E-state index contributed by atoms with van der Waals surface area (Å²) in [6.45, 7) is 1.97. The molecule has 2 heterocycles. The van der Waals surface area contributed by atoms with Crippen molar-refractivity contribution >= 4 is 27.3 Å². The van der Waals surface area contributed by atoms with Gasteiger partial charge in [-0.25, -0.2) is 4.98 Å². The molecular formula is C9H11BrN6. The number of nitrogens with one attached hydrogen (secondary N) is 2. The summed E-state index contributed by atoms with van der Waals surface area (Å²) >= 11 is 3.39. The van der Waals surface area contributed by atoms with Gasteiger partial charge in [0.2, 0.25) is 0 Å². The molecule has 1 unspecified atom stereocenters. The normalized spacial score (nSPS) is 12.4. The molecule has 0 bridgehead atoms. The second kappa shape index (κ2) is 4.48. The highest BCUT2D eigenvalue weighted by Gasteiger charge is 2.12. The molecule has 4 N–H and O–H groups in total. The Bertz CT molecular complexity index is 449. The molecule has 0 aliphatic heterocycles. The van der Waals surface area contributed by atoms with Crippen molar-refractivity contribution in [2.24, 2.45) is 0 Å². The van der Waals surface area contributed by atoms with Crippen molar-refractivity contribution in [1.82, 2.24) is 20.2 Å². The van der Waals surface area contributed by atoms with Crippen molar-refractivity contribution in [3.05, 3.63) is 29.0 Å². The standard InChI is InChI=1S/C9H11BrN6/c1-5(9-13-4-14-16-9)15-8-6(10)2-12-3-7(8)11/h2-5H,11H2,1H3,(H,12,15)(H,13,14,16). The number of aromatic nitrogens is 4. The first kappa shape index (κ1) is 10.9. The van der Waals surface area contributed by atoms with Crippen LogP contribution in [0, 0.1) is 0 Å². The van der Waals surface area contributed by atoms with Gasteiger partial charge in [0.05, 0.1) is 28.1 Å². The van der Waals surface area contributed by atoms with Crippen molar-refractivity contribution in [3.8, 4) is 0 Å². The van der Waals surface area contributed by atoms with Crippen LogP contribution in [0.1, 0.15) is 18.8 Å². The van der Waals surface area contributed by atoms with Crippen LogP contribution in [-0.4, -0.2) is 20.2 Å². The summed E-state index contributed by atoms with van der Waals surface area (Å²) in [7, 11) is 0. The monoisotopic (exact) mass is 282 g/mol. The summed E-state index contributed by atoms with van der Waals surface area (Å²) in [5.74, 6) is 0.753. The number of rotatable bonds is 3. The quantitative estimate of drug-likeness (QED) is 0.797. The van der Waals surface area contributed by atoms with Gasteiger partial charge in [-0.3, -0.25) is 10.1 Å². The van der Waals surface area contributed by atoms with Crippen LogP contribution in [-0.2, 0) is 0 Å². The van der Waals surface area contributed by atoms with E-state index in [0.717, 1.165) is 16.0 Å². The number of H-pyrrole nitrogens is 1. The minimum atomic E-state index is -0.0106. The Morgan fingerprint density at radius 3 is 2.94 bits per heavy atom. The van der Waals surface area contributed by atoms with Crippen LogP contribution < -0.4 is 11.1 Å². The van der Waals surface area contributed by atoms with Gasteiger partial charge in [0.25, 0.3) is 0 Å². The maximum Gasteiger partial charge on any atom is 0.146 e. The lowest BCUT2D eigenvalue weighted by Gasteiger charge is -2.15. The lowest BCUT2D eigenvalue weighted by atomic mass is 10.2. The Morgan fingerprint density at radius 1 is 1.50 bits per heavy atom. The van der Waals surface area contributed by atoms with Crippen molar-refractivity contribution in [2.45, 2.75) is 13.0 Å². The number of nitrogens with two attached hydrogens (primary N) is 1. The molecule has 0 amide bonds. The summed E-state index contributed by atoms with van der Waals surface area (Å²) in [6.07, 6.45) is 4.75. The molecule has 0 saturated heterocycles. The van der Waals surface area contributed by atoms with E-state index < -0.39 is 0 Å². The van der Waals surface area contributed by atoms with Gasteiger partial charge in [-0.1, -0.05) is 0 Å². The summed E-state index contributed by atoms with van der Waals surface area (Å²) in [5.41, 5.74) is 7.21. The van der Waals surface area contributed by atoms with Gasteiger partial charge in [-0.2, -0.15) is 5.10 Å². The lowest BCUT2D eigenvalue weighted by Crippen LogP contribution is -2.10. The molecule has 0 fully saturated rings. The Hall–Kier alpha value is -1.63. The third-order valence-electron chi connectivity index (χ3n) is 2.13. The average molecular weight is 283 g/mol. The fourth-order valence-corrected chi connectivity index (χ4v) is 1.77. The molecule has 0 aromatic carbocycles. The van der Waals surface area contributed by atoms with E-state index in [2.05, 4.69) is 41.4 Å². The Morgan fingerprint density at radius 2 is 2.31 bits per heavy atom. The highest BCUT2D eigenvalue weighted by Crippen LogP contribution is 2.29. The van der Waals surface area contributed by atoms with E-state index in [1.807, 2.05) is 6.92 Å². The Labute approximate surface area is 101 Å². The van der Waals surface area contributed by atoms with Crippen LogP contribution in [0.5, 0.6) is 0 Å². The third kappa shape index (κ3) is 2.13. The minimum absolute atomic E-state index is 0.0106. The van der Waals surface area contributed by atoms with Gasteiger partial charge in [-0.15, -0.1) is 0 Å². The van der Waals surface area contributed by atoms with Gasteiger partial charge in [0.1, 0.15) is 12.2 Å². The first-order chi connectivity index (χ1) is 7.68. The second-order valence-electron chi connectivity index (χ2n) is 3.32. The molecule has 0 aliphatic rings. The number of pyridine rings is 1. The maximum atomic E-state index is 5.82. The zero-order valence-electron chi connectivity index (χ0n) is 8.61. The molecule has 0 spiro atoms. The largest absolute Gasteiger partial charge is 0.396 e. The second-order valence-corrected chi connectivity index (χ2v) is 4.18. The molecule has 2 rings (SSSR count). The molecule has 2 aromatic heterocycles. The first-order valence-corrected chi connectivity index (χ1v) is 5.48. The topological polar surface area (TPSA) is 92.5 Å². The fourth-order valence-electron chi connectivity index (χ4n) is 1.31. The first-order valence-electron chi connectivity index (χ1n) is 4.69. The lowest BCUT2D eigenvalue weighted by molar-refractivity contribution is 0.795. The van der Waals surface area contributed by atoms with Gasteiger partial charge in [-0.05, 0) is 22.9 Å². The number of anilines is 2. The van der Waals surface area contributed by atoms with E-state index in [9.17, 15) is 0 Å². The van der Waals surface area contributed by atoms with Crippen molar-refractivity contribution < 1.29 is 0 Å². The van der Waals surface area contributed by atoms with E-state index in [0.29, 0.717) is 5.69 Å². The molecule has 2 aromatic rings. The van der Waals surface area contributed by atoms with Crippen LogP contribution in [0.4, 0.5) is 11.4 Å². The molecule has 7 heteroatoms. The fraction of sp³-hybridized carbons (Fsp3) is 0.222. The molecule has 0 saturated carbocycles. The van der Waals surface area contributed by atoms with Gasteiger partial charge in [0.15, 0.2) is 0 Å². The number of nitrogen functional groups attached to an aromatic ring is 1. The molecule has 0 aliphatic carbocycles. The van der Waals surface area contributed by atoms with Crippen molar-refractivity contribution in [1.29, 1.82) is 0 Å². The van der Waals surface area contributed by atoms with Gasteiger partial charge < -0.3 is 11.1 Å². The third-order valence-corrected chi connectivity index (χ3v) is 2.73. The SMILES string of the molecule is CC(Nc1c(N)cncc1Br)c1ncn[nH]1. The van der Waals surface area contributed by atoms with Crippen LogP contribution in [0.25, 0.3) is 0 Å². The summed E-state index contributed by atoms with van der Waals surface area (Å²) in [4.78, 5) is 8.04. The molecule has 84 valence electrons. The molecule has 16 heavy (non-hydrogen) atoms. The highest BCUT2D eigenvalue weighted by atomic mass is 79.9. The van der Waals surface area contributed by atoms with Gasteiger partial charge >= 0.3 is 0 Å². The predicted octanol–water partition coefficient (Wildman–Crippen LogP) is 1.72. The van der Waals surface area contributed by atoms with Gasteiger partial charge in [0, 0.05) is 6.20 Å². The zero-order chi connectivity index (χ0) is 11.5. The van der Waals surface area contributed by atoms with Crippen LogP contribution in [0.15, 0.2) is 23.2 Å². The maximum absolute atomic E-state index is 5.82. The summed E-state index contributed by atoms with van der Waals surface area (Å²) in [5, 5.41) is 9.83. The number of nitrogens with zero attached hydrogens (tertiary/aromatic N) is 3. The number of hydrogen-bond donors (Lipinski definition) is 3. The predicted molar refractivity (Wildman–Crippen MR) is 64.8 cm³/mol.